The fourth-order valence-electron chi connectivity index (χ4n) is 1.87. The van der Waals surface area contributed by atoms with Gasteiger partial charge in [0.15, 0.2) is 0 Å². The number of hydrogen-bond donors (Lipinski definition) is 1. The summed E-state index contributed by atoms with van der Waals surface area (Å²) in [4.78, 5) is 23.0. The van der Waals surface area contributed by atoms with Crippen molar-refractivity contribution in [1.82, 2.24) is 4.57 Å². The van der Waals surface area contributed by atoms with Crippen molar-refractivity contribution in [2.24, 2.45) is 0 Å². The van der Waals surface area contributed by atoms with Crippen molar-refractivity contribution in [3.8, 4) is 0 Å². The molecule has 0 fully saturated rings. The standard InChI is InChI=1S/C14H12ClNO3/c1-9-6-11(14(18)19)13(17)16(7-9)8-10-4-2-3-5-12(10)15/h2-7H,8H2,1H3,(H,18,19). The second-order valence-electron chi connectivity index (χ2n) is 4.26. The predicted octanol–water partition coefficient (Wildman–Crippen LogP) is 2.56. The molecule has 0 aliphatic heterocycles. The third-order valence-electron chi connectivity index (χ3n) is 2.75. The van der Waals surface area contributed by atoms with Crippen molar-refractivity contribution in [2.75, 3.05) is 0 Å². The minimum atomic E-state index is -1.22. The molecule has 0 aliphatic carbocycles. The molecule has 19 heavy (non-hydrogen) atoms. The SMILES string of the molecule is Cc1cc(C(=O)O)c(=O)n(Cc2ccccc2Cl)c1. The van der Waals surface area contributed by atoms with E-state index in [4.69, 9.17) is 16.7 Å². The molecule has 2 aromatic rings. The lowest BCUT2D eigenvalue weighted by molar-refractivity contribution is 0.0694. The average Bonchev–Trinajstić information content (AvgIpc) is 2.35. The molecule has 1 heterocycles. The van der Waals surface area contributed by atoms with Crippen molar-refractivity contribution in [3.63, 3.8) is 0 Å². The Bertz CT molecular complexity index is 691. The molecule has 1 aromatic carbocycles. The Hall–Kier alpha value is -2.07. The highest BCUT2D eigenvalue weighted by molar-refractivity contribution is 6.31. The number of carboxylic acid groups (broad SMARTS) is 1. The number of carboxylic acids is 1. The molecule has 0 aliphatic rings. The number of aromatic carboxylic acids is 1. The lowest BCUT2D eigenvalue weighted by Gasteiger charge is -2.09. The van der Waals surface area contributed by atoms with Crippen LogP contribution in [0.1, 0.15) is 21.5 Å². The van der Waals surface area contributed by atoms with Gasteiger partial charge in [0.2, 0.25) is 0 Å². The molecular formula is C14H12ClNO3. The van der Waals surface area contributed by atoms with Gasteiger partial charge in [-0.1, -0.05) is 29.8 Å². The van der Waals surface area contributed by atoms with Crippen LogP contribution in [0.4, 0.5) is 0 Å². The zero-order chi connectivity index (χ0) is 14.0. The Morgan fingerprint density at radius 2 is 2.05 bits per heavy atom. The van der Waals surface area contributed by atoms with Gasteiger partial charge in [-0.25, -0.2) is 4.79 Å². The van der Waals surface area contributed by atoms with E-state index in [0.29, 0.717) is 10.6 Å². The van der Waals surface area contributed by atoms with Gasteiger partial charge in [0.1, 0.15) is 5.56 Å². The van der Waals surface area contributed by atoms with E-state index in [1.807, 2.05) is 6.07 Å². The van der Waals surface area contributed by atoms with E-state index < -0.39 is 11.5 Å². The van der Waals surface area contributed by atoms with Crippen molar-refractivity contribution in [3.05, 3.63) is 68.6 Å². The number of carbonyl (C=O) groups is 1. The minimum absolute atomic E-state index is 0.230. The molecule has 1 aromatic heterocycles. The van der Waals surface area contributed by atoms with Gasteiger partial charge in [0.25, 0.3) is 5.56 Å². The molecule has 4 nitrogen and oxygen atoms in total. The van der Waals surface area contributed by atoms with Crippen molar-refractivity contribution < 1.29 is 9.90 Å². The quantitative estimate of drug-likeness (QED) is 0.938. The Labute approximate surface area is 114 Å². The number of aromatic nitrogens is 1. The van der Waals surface area contributed by atoms with Crippen LogP contribution in [0.3, 0.4) is 0 Å². The fraction of sp³-hybridized carbons (Fsp3) is 0.143. The van der Waals surface area contributed by atoms with Crippen LogP contribution in [0.25, 0.3) is 0 Å². The molecule has 1 N–H and O–H groups in total. The average molecular weight is 278 g/mol. The van der Waals surface area contributed by atoms with Gasteiger partial charge < -0.3 is 9.67 Å². The van der Waals surface area contributed by atoms with Gasteiger partial charge in [0, 0.05) is 11.2 Å². The summed E-state index contributed by atoms with van der Waals surface area (Å²) in [6, 6.07) is 8.52. The smallest absolute Gasteiger partial charge is 0.341 e. The third-order valence-corrected chi connectivity index (χ3v) is 3.12. The largest absolute Gasteiger partial charge is 0.477 e. The highest BCUT2D eigenvalue weighted by Crippen LogP contribution is 2.15. The molecule has 0 bridgehead atoms. The molecular weight excluding hydrogens is 266 g/mol. The number of aryl methyl sites for hydroxylation is 1. The summed E-state index contributed by atoms with van der Waals surface area (Å²) in [5.74, 6) is -1.22. The van der Waals surface area contributed by atoms with Gasteiger partial charge in [-0.15, -0.1) is 0 Å². The first-order valence-corrected chi connectivity index (χ1v) is 6.04. The maximum absolute atomic E-state index is 12.0. The first-order valence-electron chi connectivity index (χ1n) is 5.67. The first-order chi connectivity index (χ1) is 8.99. The number of hydrogen-bond acceptors (Lipinski definition) is 2. The zero-order valence-electron chi connectivity index (χ0n) is 10.3. The van der Waals surface area contributed by atoms with Crippen molar-refractivity contribution in [2.45, 2.75) is 13.5 Å². The van der Waals surface area contributed by atoms with Crippen LogP contribution in [0.15, 0.2) is 41.3 Å². The van der Waals surface area contributed by atoms with E-state index in [1.54, 1.807) is 31.3 Å². The first kappa shape index (κ1) is 13.4. The minimum Gasteiger partial charge on any atom is -0.477 e. The second-order valence-corrected chi connectivity index (χ2v) is 4.67. The zero-order valence-corrected chi connectivity index (χ0v) is 11.0. The van der Waals surface area contributed by atoms with Crippen molar-refractivity contribution in [1.29, 1.82) is 0 Å². The van der Waals surface area contributed by atoms with Gasteiger partial charge >= 0.3 is 5.97 Å². The number of halogens is 1. The summed E-state index contributed by atoms with van der Waals surface area (Å²) in [5, 5.41) is 9.54. The number of pyridine rings is 1. The highest BCUT2D eigenvalue weighted by Gasteiger charge is 2.12. The molecule has 0 amide bonds. The van der Waals surface area contributed by atoms with E-state index in [-0.39, 0.29) is 12.1 Å². The maximum Gasteiger partial charge on any atom is 0.341 e. The maximum atomic E-state index is 12.0. The number of benzene rings is 1. The Balaban J connectivity index is 2.50. The topological polar surface area (TPSA) is 59.3 Å². The van der Waals surface area contributed by atoms with Crippen LogP contribution >= 0.6 is 11.6 Å². The Kier molecular flexibility index (Phi) is 3.71. The molecule has 0 radical (unpaired) electrons. The van der Waals surface area contributed by atoms with E-state index in [0.717, 1.165) is 5.56 Å². The summed E-state index contributed by atoms with van der Waals surface area (Å²) >= 11 is 6.04. The van der Waals surface area contributed by atoms with Gasteiger partial charge in [-0.05, 0) is 30.2 Å². The second kappa shape index (κ2) is 5.28. The molecule has 0 unspecified atom stereocenters. The summed E-state index contributed by atoms with van der Waals surface area (Å²) in [7, 11) is 0. The summed E-state index contributed by atoms with van der Waals surface area (Å²) in [5.41, 5.74) is 0.724. The lowest BCUT2D eigenvalue weighted by Crippen LogP contribution is -2.26. The van der Waals surface area contributed by atoms with Crippen LogP contribution in [0.2, 0.25) is 5.02 Å². The molecule has 2 rings (SSSR count). The van der Waals surface area contributed by atoms with Crippen LogP contribution in [-0.2, 0) is 6.54 Å². The Morgan fingerprint density at radius 3 is 2.68 bits per heavy atom. The van der Waals surface area contributed by atoms with E-state index >= 15 is 0 Å². The Morgan fingerprint density at radius 1 is 1.37 bits per heavy atom. The van der Waals surface area contributed by atoms with Gasteiger partial charge in [-0.2, -0.15) is 0 Å². The van der Waals surface area contributed by atoms with Crippen LogP contribution in [0, 0.1) is 6.92 Å². The molecule has 0 spiro atoms. The van der Waals surface area contributed by atoms with Crippen molar-refractivity contribution >= 4 is 17.6 Å². The lowest BCUT2D eigenvalue weighted by atomic mass is 10.2. The molecule has 98 valence electrons. The van der Waals surface area contributed by atoms with Crippen LogP contribution in [0.5, 0.6) is 0 Å². The normalized spacial score (nSPS) is 10.4. The van der Waals surface area contributed by atoms with Gasteiger partial charge in [0.05, 0.1) is 6.54 Å². The summed E-state index contributed by atoms with van der Waals surface area (Å²) in [6.45, 7) is 2.00. The van der Waals surface area contributed by atoms with Gasteiger partial charge in [-0.3, -0.25) is 4.79 Å². The number of nitrogens with zero attached hydrogens (tertiary/aromatic N) is 1. The van der Waals surface area contributed by atoms with Crippen LogP contribution < -0.4 is 5.56 Å². The molecule has 5 heteroatoms. The summed E-state index contributed by atoms with van der Waals surface area (Å²) in [6.07, 6.45) is 1.62. The van der Waals surface area contributed by atoms with E-state index in [2.05, 4.69) is 0 Å². The van der Waals surface area contributed by atoms with Crippen LogP contribution in [-0.4, -0.2) is 15.6 Å². The molecule has 0 saturated carbocycles. The third kappa shape index (κ3) is 2.85. The number of rotatable bonds is 3. The predicted molar refractivity (Wildman–Crippen MR) is 73.0 cm³/mol. The summed E-state index contributed by atoms with van der Waals surface area (Å²) < 4.78 is 1.36. The fourth-order valence-corrected chi connectivity index (χ4v) is 2.06. The molecule has 0 atom stereocenters. The molecule has 0 saturated heterocycles. The van der Waals surface area contributed by atoms with E-state index in [1.165, 1.54) is 10.6 Å². The van der Waals surface area contributed by atoms with E-state index in [9.17, 15) is 9.59 Å². The monoisotopic (exact) mass is 277 g/mol. The highest BCUT2D eigenvalue weighted by atomic mass is 35.5.